The number of sulfone groups is 1. The van der Waals surface area contributed by atoms with Crippen LogP contribution in [-0.4, -0.2) is 31.2 Å². The van der Waals surface area contributed by atoms with Crippen molar-refractivity contribution >= 4 is 50.7 Å². The standard InChI is InChI=1S/C20H21ClN2O4S2/c1-13(10-20(25)22-12-14-4-2-3-5-16(14)21)29(26,27)15-6-7-18-17(11-15)23-19(24)8-9-28-18/h2-7,11,13H,8-10,12H2,1H3,(H,22,25)(H,23,24)/t13-/m1/s1. The van der Waals surface area contributed by atoms with Crippen molar-refractivity contribution in [1.82, 2.24) is 5.32 Å². The maximum absolute atomic E-state index is 12.9. The molecule has 2 aromatic rings. The van der Waals surface area contributed by atoms with E-state index in [9.17, 15) is 18.0 Å². The molecule has 2 aromatic carbocycles. The zero-order chi connectivity index (χ0) is 21.0. The van der Waals surface area contributed by atoms with E-state index in [0.29, 0.717) is 22.9 Å². The van der Waals surface area contributed by atoms with Crippen molar-refractivity contribution in [2.45, 2.75) is 41.4 Å². The van der Waals surface area contributed by atoms with Crippen LogP contribution in [0, 0.1) is 0 Å². The Labute approximate surface area is 179 Å². The van der Waals surface area contributed by atoms with Gasteiger partial charge in [-0.15, -0.1) is 11.8 Å². The molecule has 1 aliphatic heterocycles. The van der Waals surface area contributed by atoms with Crippen molar-refractivity contribution in [1.29, 1.82) is 0 Å². The summed E-state index contributed by atoms with van der Waals surface area (Å²) in [7, 11) is -3.74. The second kappa shape index (κ2) is 9.19. The van der Waals surface area contributed by atoms with Crippen LogP contribution in [0.5, 0.6) is 0 Å². The van der Waals surface area contributed by atoms with Gasteiger partial charge in [0.15, 0.2) is 9.84 Å². The van der Waals surface area contributed by atoms with Gasteiger partial charge in [0.2, 0.25) is 11.8 Å². The highest BCUT2D eigenvalue weighted by molar-refractivity contribution is 7.99. The van der Waals surface area contributed by atoms with Crippen LogP contribution < -0.4 is 10.6 Å². The summed E-state index contributed by atoms with van der Waals surface area (Å²) in [5.41, 5.74) is 1.26. The van der Waals surface area contributed by atoms with Crippen molar-refractivity contribution < 1.29 is 18.0 Å². The highest BCUT2D eigenvalue weighted by Gasteiger charge is 2.27. The molecule has 0 radical (unpaired) electrons. The van der Waals surface area contributed by atoms with Gasteiger partial charge in [0.25, 0.3) is 0 Å². The summed E-state index contributed by atoms with van der Waals surface area (Å²) in [6.07, 6.45) is 0.203. The Morgan fingerprint density at radius 2 is 2.03 bits per heavy atom. The molecule has 1 atom stereocenters. The predicted octanol–water partition coefficient (Wildman–Crippen LogP) is 3.64. The molecule has 9 heteroatoms. The van der Waals surface area contributed by atoms with Gasteiger partial charge >= 0.3 is 0 Å². The topological polar surface area (TPSA) is 92.3 Å². The monoisotopic (exact) mass is 452 g/mol. The number of hydrogen-bond donors (Lipinski definition) is 2. The number of anilines is 1. The van der Waals surface area contributed by atoms with E-state index in [0.717, 1.165) is 10.5 Å². The average molecular weight is 453 g/mol. The van der Waals surface area contributed by atoms with E-state index >= 15 is 0 Å². The lowest BCUT2D eigenvalue weighted by Gasteiger charge is -2.15. The number of fused-ring (bicyclic) bond motifs is 1. The number of amides is 2. The van der Waals surface area contributed by atoms with Crippen LogP contribution in [0.1, 0.15) is 25.3 Å². The summed E-state index contributed by atoms with van der Waals surface area (Å²) in [6, 6.07) is 11.8. The van der Waals surface area contributed by atoms with Crippen LogP contribution in [0.4, 0.5) is 5.69 Å². The fourth-order valence-electron chi connectivity index (χ4n) is 2.89. The van der Waals surface area contributed by atoms with Gasteiger partial charge in [-0.25, -0.2) is 8.42 Å². The van der Waals surface area contributed by atoms with Gasteiger partial charge in [0, 0.05) is 35.1 Å². The number of carbonyl (C=O) groups excluding carboxylic acids is 2. The minimum absolute atomic E-state index is 0.0884. The van der Waals surface area contributed by atoms with Gasteiger partial charge in [0.1, 0.15) is 0 Å². The van der Waals surface area contributed by atoms with Crippen LogP contribution in [0.15, 0.2) is 52.3 Å². The molecule has 1 heterocycles. The molecule has 6 nitrogen and oxygen atoms in total. The smallest absolute Gasteiger partial charge is 0.225 e. The van der Waals surface area contributed by atoms with Crippen LogP contribution in [-0.2, 0) is 26.0 Å². The van der Waals surface area contributed by atoms with Crippen LogP contribution in [0.3, 0.4) is 0 Å². The van der Waals surface area contributed by atoms with Crippen LogP contribution in [0.25, 0.3) is 0 Å². The van der Waals surface area contributed by atoms with E-state index in [1.807, 2.05) is 6.07 Å². The zero-order valence-electron chi connectivity index (χ0n) is 15.8. The molecular weight excluding hydrogens is 432 g/mol. The summed E-state index contributed by atoms with van der Waals surface area (Å²) < 4.78 is 25.9. The SMILES string of the molecule is C[C@H](CC(=O)NCc1ccccc1Cl)S(=O)(=O)c1ccc2c(c1)NC(=O)CCS2. The molecule has 2 amide bonds. The van der Waals surface area contributed by atoms with Crippen molar-refractivity contribution in [2.75, 3.05) is 11.1 Å². The molecule has 0 saturated carbocycles. The van der Waals surface area contributed by atoms with Crippen molar-refractivity contribution in [2.24, 2.45) is 0 Å². The highest BCUT2D eigenvalue weighted by atomic mass is 35.5. The minimum Gasteiger partial charge on any atom is -0.352 e. The molecule has 2 N–H and O–H groups in total. The van der Waals surface area contributed by atoms with Gasteiger partial charge < -0.3 is 10.6 Å². The lowest BCUT2D eigenvalue weighted by Crippen LogP contribution is -2.29. The molecule has 0 fully saturated rings. The Morgan fingerprint density at radius 1 is 1.28 bits per heavy atom. The number of rotatable bonds is 6. The molecular formula is C20H21ClN2O4S2. The number of thioether (sulfide) groups is 1. The van der Waals surface area contributed by atoms with Crippen LogP contribution >= 0.6 is 23.4 Å². The zero-order valence-corrected chi connectivity index (χ0v) is 18.2. The minimum atomic E-state index is -3.74. The third-order valence-electron chi connectivity index (χ3n) is 4.58. The molecule has 1 aliphatic rings. The highest BCUT2D eigenvalue weighted by Crippen LogP contribution is 2.33. The van der Waals surface area contributed by atoms with E-state index in [1.165, 1.54) is 30.8 Å². The molecule has 0 bridgehead atoms. The van der Waals surface area contributed by atoms with E-state index < -0.39 is 15.1 Å². The summed E-state index contributed by atoms with van der Waals surface area (Å²) in [4.78, 5) is 24.9. The Bertz CT molecular complexity index is 1040. The summed E-state index contributed by atoms with van der Waals surface area (Å²) in [5, 5.41) is 5.08. The number of nitrogens with one attached hydrogen (secondary N) is 2. The van der Waals surface area contributed by atoms with Crippen molar-refractivity contribution in [3.8, 4) is 0 Å². The van der Waals surface area contributed by atoms with E-state index in [1.54, 1.807) is 24.3 Å². The summed E-state index contributed by atoms with van der Waals surface area (Å²) in [5.74, 6) is 0.129. The van der Waals surface area contributed by atoms with Gasteiger partial charge in [-0.05, 0) is 36.8 Å². The lowest BCUT2D eigenvalue weighted by molar-refractivity contribution is -0.121. The quantitative estimate of drug-likeness (QED) is 0.698. The predicted molar refractivity (Wildman–Crippen MR) is 115 cm³/mol. The first-order valence-corrected chi connectivity index (χ1v) is 12.0. The van der Waals surface area contributed by atoms with Crippen LogP contribution in [0.2, 0.25) is 5.02 Å². The first-order valence-electron chi connectivity index (χ1n) is 9.08. The van der Waals surface area contributed by atoms with E-state index in [2.05, 4.69) is 10.6 Å². The molecule has 0 saturated heterocycles. The van der Waals surface area contributed by atoms with E-state index in [-0.39, 0.29) is 29.7 Å². The van der Waals surface area contributed by atoms with Gasteiger partial charge in [0.05, 0.1) is 15.8 Å². The lowest BCUT2D eigenvalue weighted by atomic mass is 10.2. The summed E-state index contributed by atoms with van der Waals surface area (Å²) in [6.45, 7) is 1.73. The number of hydrogen-bond acceptors (Lipinski definition) is 5. The third kappa shape index (κ3) is 5.32. The molecule has 3 rings (SSSR count). The Kier molecular flexibility index (Phi) is 6.87. The second-order valence-corrected chi connectivity index (χ2v) is 10.6. The fraction of sp³-hybridized carbons (Fsp3) is 0.300. The first-order chi connectivity index (χ1) is 13.8. The molecule has 0 spiro atoms. The molecule has 0 aliphatic carbocycles. The Hall–Kier alpha value is -2.03. The summed E-state index contributed by atoms with van der Waals surface area (Å²) >= 11 is 7.57. The molecule has 0 unspecified atom stereocenters. The Morgan fingerprint density at radius 3 is 2.79 bits per heavy atom. The van der Waals surface area contributed by atoms with Gasteiger partial charge in [-0.2, -0.15) is 0 Å². The average Bonchev–Trinajstić information content (AvgIpc) is 2.87. The number of benzene rings is 2. The molecule has 29 heavy (non-hydrogen) atoms. The molecule has 154 valence electrons. The third-order valence-corrected chi connectivity index (χ3v) is 8.16. The Balaban J connectivity index is 1.68. The first kappa shape index (κ1) is 21.7. The van der Waals surface area contributed by atoms with Gasteiger partial charge in [-0.1, -0.05) is 29.8 Å². The second-order valence-electron chi connectivity index (χ2n) is 6.73. The fourth-order valence-corrected chi connectivity index (χ4v) is 5.40. The maximum Gasteiger partial charge on any atom is 0.225 e. The maximum atomic E-state index is 12.9. The normalized spacial score (nSPS) is 15.0. The van der Waals surface area contributed by atoms with Gasteiger partial charge in [-0.3, -0.25) is 9.59 Å². The number of halogens is 1. The molecule has 0 aromatic heterocycles. The van der Waals surface area contributed by atoms with Crippen molar-refractivity contribution in [3.63, 3.8) is 0 Å². The van der Waals surface area contributed by atoms with Crippen molar-refractivity contribution in [3.05, 3.63) is 53.1 Å². The van der Waals surface area contributed by atoms with E-state index in [4.69, 9.17) is 11.6 Å². The largest absolute Gasteiger partial charge is 0.352 e. The number of carbonyl (C=O) groups is 2.